The zero-order valence-electron chi connectivity index (χ0n) is 31.6. The van der Waals surface area contributed by atoms with Gasteiger partial charge in [0, 0.05) is 23.0 Å². The molecular weight excluding hydrogens is 738 g/mol. The van der Waals surface area contributed by atoms with Gasteiger partial charge in [0.1, 0.15) is 0 Å². The van der Waals surface area contributed by atoms with E-state index >= 15 is 0 Å². The smallest absolute Gasteiger partial charge is 0.355 e. The quantitative estimate of drug-likeness (QED) is 0.0654. The molecule has 12 nitrogen and oxygen atoms in total. The lowest BCUT2D eigenvalue weighted by molar-refractivity contribution is 0.0690. The molecule has 0 bridgehead atoms. The molecule has 2 aromatic carbocycles. The zero-order chi connectivity index (χ0) is 38.7. The van der Waals surface area contributed by atoms with Gasteiger partial charge in [0.25, 0.3) is 0 Å². The summed E-state index contributed by atoms with van der Waals surface area (Å²) in [6, 6.07) is 14.9. The van der Waals surface area contributed by atoms with Crippen LogP contribution in [0.25, 0.3) is 10.2 Å². The van der Waals surface area contributed by atoms with E-state index in [0.29, 0.717) is 59.2 Å². The first kappa shape index (κ1) is 40.0. The summed E-state index contributed by atoms with van der Waals surface area (Å²) >= 11 is 2.87. The number of carbonyl (C=O) groups is 1. The van der Waals surface area contributed by atoms with Crippen LogP contribution in [0.1, 0.15) is 65.0 Å². The third kappa shape index (κ3) is 11.2. The number of para-hydroxylation sites is 1. The number of piperidine rings is 1. The molecule has 0 radical (unpaired) electrons. The topological polar surface area (TPSA) is 146 Å². The summed E-state index contributed by atoms with van der Waals surface area (Å²) in [5.74, 6) is 5.67. The Balaban J connectivity index is 1.14. The summed E-state index contributed by atoms with van der Waals surface area (Å²) in [5.41, 5.74) is 8.45. The second-order valence-corrected chi connectivity index (χ2v) is 16.0. The summed E-state index contributed by atoms with van der Waals surface area (Å²) in [6.07, 6.45) is 5.85. The molecule has 4 heterocycles. The lowest BCUT2D eigenvalue weighted by Gasteiger charge is -2.30. The molecule has 0 atom stereocenters. The number of carboxylic acid groups (broad SMARTS) is 1. The number of hydrogen-bond donors (Lipinski definition) is 3. The van der Waals surface area contributed by atoms with Gasteiger partial charge in [-0.1, -0.05) is 41.7 Å². The number of nitrogens with one attached hydrogen (secondary N) is 1. The third-order valence-corrected chi connectivity index (χ3v) is 11.3. The molecule has 6 rings (SSSR count). The number of aromatic carboxylic acids is 1. The second-order valence-electron chi connectivity index (χ2n) is 13.9. The Morgan fingerprint density at radius 1 is 1.07 bits per heavy atom. The minimum atomic E-state index is -1.10. The van der Waals surface area contributed by atoms with Gasteiger partial charge in [0.2, 0.25) is 0 Å². The Bertz CT molecular complexity index is 2090. The Morgan fingerprint density at radius 2 is 1.89 bits per heavy atom. The van der Waals surface area contributed by atoms with Crippen molar-refractivity contribution in [3.05, 3.63) is 76.0 Å². The van der Waals surface area contributed by atoms with E-state index in [1.807, 2.05) is 61.2 Å². The Morgan fingerprint density at radius 3 is 2.64 bits per heavy atom. The number of unbranched alkanes of at least 4 members (excludes halogenated alkanes) is 2. The number of likely N-dealkylation sites (tertiary alicyclic amines) is 1. The van der Waals surface area contributed by atoms with Gasteiger partial charge in [-0.3, -0.25) is 4.90 Å². The molecule has 55 heavy (non-hydrogen) atoms. The number of thiazole rings is 2. The van der Waals surface area contributed by atoms with Crippen LogP contribution in [0.4, 0.5) is 26.3 Å². The number of benzene rings is 2. The fourth-order valence-corrected chi connectivity index (χ4v) is 8.22. The molecule has 0 unspecified atom stereocenters. The zero-order valence-corrected chi connectivity index (χ0v) is 33.2. The van der Waals surface area contributed by atoms with Gasteiger partial charge >= 0.3 is 5.97 Å². The Hall–Kier alpha value is -4.72. The molecule has 1 aliphatic rings. The van der Waals surface area contributed by atoms with Crippen molar-refractivity contribution in [2.24, 2.45) is 5.73 Å². The SMILES string of the molecule is Cc1cc(N(CCCCCN2CCC(N)CC2)c2nc(C(=O)O)c(CCCOc3ccc(C#CCN(C)C)cc3F)s2)nnc1Nc1nc2ccccc2s1. The maximum Gasteiger partial charge on any atom is 0.355 e. The van der Waals surface area contributed by atoms with Crippen molar-refractivity contribution in [1.82, 2.24) is 30.0 Å². The number of fused-ring (bicyclic) bond motifs is 1. The van der Waals surface area contributed by atoms with Crippen LogP contribution < -0.4 is 20.7 Å². The van der Waals surface area contributed by atoms with Crippen LogP contribution in [0, 0.1) is 24.6 Å². The number of ether oxygens (including phenoxy) is 1. The van der Waals surface area contributed by atoms with Crippen LogP contribution in [-0.2, 0) is 6.42 Å². The molecule has 1 fully saturated rings. The summed E-state index contributed by atoms with van der Waals surface area (Å²) in [7, 11) is 3.84. The highest BCUT2D eigenvalue weighted by Crippen LogP contribution is 2.34. The Kier molecular flexibility index (Phi) is 14.0. The van der Waals surface area contributed by atoms with Crippen LogP contribution in [0.3, 0.4) is 0 Å². The average molecular weight is 786 g/mol. The number of aryl methyl sites for hydroxylation is 2. The highest BCUT2D eigenvalue weighted by molar-refractivity contribution is 7.22. The molecule has 0 saturated carbocycles. The van der Waals surface area contributed by atoms with Crippen molar-refractivity contribution >= 4 is 60.8 Å². The van der Waals surface area contributed by atoms with Crippen molar-refractivity contribution in [2.75, 3.05) is 63.6 Å². The van der Waals surface area contributed by atoms with E-state index in [4.69, 9.17) is 10.5 Å². The lowest BCUT2D eigenvalue weighted by Crippen LogP contribution is -2.40. The van der Waals surface area contributed by atoms with Crippen LogP contribution in [0.5, 0.6) is 5.75 Å². The summed E-state index contributed by atoms with van der Waals surface area (Å²) < 4.78 is 21.6. The van der Waals surface area contributed by atoms with E-state index < -0.39 is 11.8 Å². The fraction of sp³-hybridized carbons (Fsp3) is 0.425. The van der Waals surface area contributed by atoms with Gasteiger partial charge in [0.05, 0.1) is 23.4 Å². The maximum absolute atomic E-state index is 14.8. The number of carboxylic acids is 1. The summed E-state index contributed by atoms with van der Waals surface area (Å²) in [5, 5.41) is 23.9. The average Bonchev–Trinajstić information content (AvgIpc) is 3.78. The van der Waals surface area contributed by atoms with E-state index in [1.165, 1.54) is 17.4 Å². The van der Waals surface area contributed by atoms with Gasteiger partial charge < -0.3 is 30.7 Å². The standard InChI is InChI=1S/C40H48FN9O3S2/c1-27-25-35(46-47-37(27)45-39-43-31-12-5-6-13-33(31)54-39)50(21-8-4-7-20-49-22-17-29(42)18-23-49)40-44-36(38(51)52)34(55-40)14-10-24-53-32-16-15-28(26-30(32)41)11-9-19-48(2)3/h5-6,12-13,15-16,25-26,29H,4,7-8,10,14,17-24,42H2,1-3H3,(H,51,52)(H,43,45,47). The second kappa shape index (κ2) is 19.2. The predicted molar refractivity (Wildman–Crippen MR) is 219 cm³/mol. The number of anilines is 4. The molecular formula is C40H48FN9O3S2. The Labute approximate surface area is 329 Å². The highest BCUT2D eigenvalue weighted by atomic mass is 32.1. The lowest BCUT2D eigenvalue weighted by atomic mass is 10.1. The molecule has 4 N–H and O–H groups in total. The molecule has 1 saturated heterocycles. The first-order chi connectivity index (χ1) is 26.6. The minimum absolute atomic E-state index is 0.000979. The number of nitrogens with zero attached hydrogens (tertiary/aromatic N) is 7. The molecule has 290 valence electrons. The van der Waals surface area contributed by atoms with Crippen LogP contribution in [0.15, 0.2) is 48.5 Å². The van der Waals surface area contributed by atoms with Crippen LogP contribution >= 0.6 is 22.7 Å². The van der Waals surface area contributed by atoms with Crippen LogP contribution in [-0.4, -0.2) is 101 Å². The monoisotopic (exact) mass is 785 g/mol. The molecule has 0 aliphatic carbocycles. The predicted octanol–water partition coefficient (Wildman–Crippen LogP) is 7.09. The first-order valence-electron chi connectivity index (χ1n) is 18.6. The van der Waals surface area contributed by atoms with Crippen molar-refractivity contribution in [1.29, 1.82) is 0 Å². The van der Waals surface area contributed by atoms with Crippen molar-refractivity contribution in [3.8, 4) is 17.6 Å². The van der Waals surface area contributed by atoms with E-state index in [2.05, 4.69) is 42.2 Å². The van der Waals surface area contributed by atoms with Gasteiger partial charge in [-0.05, 0) is 121 Å². The van der Waals surface area contributed by atoms with Gasteiger partial charge in [-0.15, -0.1) is 21.5 Å². The van der Waals surface area contributed by atoms with Crippen molar-refractivity contribution in [3.63, 3.8) is 0 Å². The first-order valence-corrected chi connectivity index (χ1v) is 20.3. The molecule has 5 aromatic rings. The van der Waals surface area contributed by atoms with E-state index in [9.17, 15) is 14.3 Å². The van der Waals surface area contributed by atoms with Gasteiger partial charge in [0.15, 0.2) is 39.2 Å². The van der Waals surface area contributed by atoms with E-state index in [1.54, 1.807) is 23.5 Å². The van der Waals surface area contributed by atoms with E-state index in [-0.39, 0.29) is 18.1 Å². The highest BCUT2D eigenvalue weighted by Gasteiger charge is 2.24. The maximum atomic E-state index is 14.8. The minimum Gasteiger partial charge on any atom is -0.491 e. The number of nitrogens with two attached hydrogens (primary N) is 1. The molecule has 0 amide bonds. The summed E-state index contributed by atoms with van der Waals surface area (Å²) in [4.78, 5) is 28.7. The van der Waals surface area contributed by atoms with E-state index in [0.717, 1.165) is 72.7 Å². The summed E-state index contributed by atoms with van der Waals surface area (Å²) in [6.45, 7) is 6.44. The molecule has 0 spiro atoms. The number of aromatic nitrogens is 4. The third-order valence-electron chi connectivity index (χ3n) is 9.24. The number of rotatable bonds is 17. The fourth-order valence-electron chi connectivity index (χ4n) is 6.22. The molecule has 1 aliphatic heterocycles. The van der Waals surface area contributed by atoms with Crippen molar-refractivity contribution < 1.29 is 19.0 Å². The number of halogens is 1. The van der Waals surface area contributed by atoms with Gasteiger partial charge in [-0.25, -0.2) is 19.2 Å². The normalized spacial score (nSPS) is 13.6. The molecule has 3 aromatic heterocycles. The molecule has 15 heteroatoms. The largest absolute Gasteiger partial charge is 0.491 e. The van der Waals surface area contributed by atoms with Crippen LogP contribution in [0.2, 0.25) is 0 Å². The number of hydrogen-bond acceptors (Lipinski definition) is 13. The van der Waals surface area contributed by atoms with Gasteiger partial charge in [-0.2, -0.15) is 0 Å². The van der Waals surface area contributed by atoms with Crippen molar-refractivity contribution in [2.45, 2.75) is 57.9 Å².